The maximum atomic E-state index is 11.6. The highest BCUT2D eigenvalue weighted by molar-refractivity contribution is 9.10. The van der Waals surface area contributed by atoms with E-state index in [4.69, 9.17) is 4.74 Å². The molecule has 0 fully saturated rings. The van der Waals surface area contributed by atoms with Crippen LogP contribution in [0.4, 0.5) is 0 Å². The van der Waals surface area contributed by atoms with Gasteiger partial charge in [-0.2, -0.15) is 0 Å². The maximum Gasteiger partial charge on any atom is 0.342 e. The molecule has 1 aromatic carbocycles. The number of carbonyl (C=O) groups is 1. The standard InChI is InChI=1S/C11H13BrO3/c1-11(2,3)15-10(14)8-6-7(12)4-5-9(8)13/h4-6,13H,1-3H3. The number of rotatable bonds is 1. The molecule has 0 saturated heterocycles. The number of hydrogen-bond acceptors (Lipinski definition) is 3. The Labute approximate surface area is 97.2 Å². The van der Waals surface area contributed by atoms with E-state index in [9.17, 15) is 9.90 Å². The molecule has 0 aliphatic carbocycles. The van der Waals surface area contributed by atoms with E-state index in [1.54, 1.807) is 26.8 Å². The van der Waals surface area contributed by atoms with Crippen LogP contribution in [0.3, 0.4) is 0 Å². The summed E-state index contributed by atoms with van der Waals surface area (Å²) in [5.41, 5.74) is -0.398. The zero-order valence-corrected chi connectivity index (χ0v) is 10.5. The SMILES string of the molecule is CC(C)(C)OC(=O)c1cc(Br)ccc1O. The van der Waals surface area contributed by atoms with Gasteiger partial charge in [0.25, 0.3) is 0 Å². The van der Waals surface area contributed by atoms with Crippen LogP contribution in [0.2, 0.25) is 0 Å². The van der Waals surface area contributed by atoms with Gasteiger partial charge in [-0.1, -0.05) is 15.9 Å². The van der Waals surface area contributed by atoms with Gasteiger partial charge >= 0.3 is 5.97 Å². The van der Waals surface area contributed by atoms with E-state index in [-0.39, 0.29) is 11.3 Å². The van der Waals surface area contributed by atoms with Crippen molar-refractivity contribution in [1.29, 1.82) is 0 Å². The highest BCUT2D eigenvalue weighted by Crippen LogP contribution is 2.24. The van der Waals surface area contributed by atoms with Crippen molar-refractivity contribution in [3.63, 3.8) is 0 Å². The van der Waals surface area contributed by atoms with Gasteiger partial charge < -0.3 is 9.84 Å². The maximum absolute atomic E-state index is 11.6. The Morgan fingerprint density at radius 3 is 2.53 bits per heavy atom. The van der Waals surface area contributed by atoms with Gasteiger partial charge in [0.1, 0.15) is 16.9 Å². The van der Waals surface area contributed by atoms with E-state index in [0.717, 1.165) is 4.47 Å². The average molecular weight is 273 g/mol. The summed E-state index contributed by atoms with van der Waals surface area (Å²) in [6, 6.07) is 4.63. The van der Waals surface area contributed by atoms with Crippen LogP contribution in [0.25, 0.3) is 0 Å². The first-order valence-electron chi connectivity index (χ1n) is 4.51. The number of halogens is 1. The van der Waals surface area contributed by atoms with E-state index >= 15 is 0 Å². The van der Waals surface area contributed by atoms with Crippen molar-refractivity contribution < 1.29 is 14.6 Å². The van der Waals surface area contributed by atoms with Crippen molar-refractivity contribution in [2.24, 2.45) is 0 Å². The second kappa shape index (κ2) is 4.23. The third-order valence-electron chi connectivity index (χ3n) is 1.58. The van der Waals surface area contributed by atoms with Gasteiger partial charge in [-0.25, -0.2) is 4.79 Å². The lowest BCUT2D eigenvalue weighted by atomic mass is 10.1. The molecule has 82 valence electrons. The lowest BCUT2D eigenvalue weighted by Gasteiger charge is -2.19. The van der Waals surface area contributed by atoms with Gasteiger partial charge in [-0.15, -0.1) is 0 Å². The van der Waals surface area contributed by atoms with E-state index in [0.29, 0.717) is 0 Å². The molecule has 4 heteroatoms. The lowest BCUT2D eigenvalue weighted by molar-refractivity contribution is 0.00667. The molecule has 15 heavy (non-hydrogen) atoms. The molecule has 0 bridgehead atoms. The Morgan fingerprint density at radius 2 is 2.00 bits per heavy atom. The zero-order valence-electron chi connectivity index (χ0n) is 8.87. The van der Waals surface area contributed by atoms with Gasteiger partial charge in [0.05, 0.1) is 0 Å². The van der Waals surface area contributed by atoms with Gasteiger partial charge in [0, 0.05) is 4.47 Å². The summed E-state index contributed by atoms with van der Waals surface area (Å²) in [5, 5.41) is 9.48. The number of phenolic OH excluding ortho intramolecular Hbond substituents is 1. The van der Waals surface area contributed by atoms with E-state index in [1.807, 2.05) is 0 Å². The van der Waals surface area contributed by atoms with Gasteiger partial charge in [-0.05, 0) is 39.0 Å². The fraction of sp³-hybridized carbons (Fsp3) is 0.364. The summed E-state index contributed by atoms with van der Waals surface area (Å²) in [5.74, 6) is -0.603. The highest BCUT2D eigenvalue weighted by Gasteiger charge is 2.20. The number of aromatic hydroxyl groups is 1. The van der Waals surface area contributed by atoms with Crippen LogP contribution < -0.4 is 0 Å². The predicted octanol–water partition coefficient (Wildman–Crippen LogP) is 3.11. The molecule has 0 amide bonds. The topological polar surface area (TPSA) is 46.5 Å². The van der Waals surface area contributed by atoms with Crippen LogP contribution in [0, 0.1) is 0 Å². The summed E-state index contributed by atoms with van der Waals surface area (Å²) >= 11 is 3.23. The molecular weight excluding hydrogens is 260 g/mol. The van der Waals surface area contributed by atoms with Crippen LogP contribution in [-0.4, -0.2) is 16.7 Å². The van der Waals surface area contributed by atoms with Gasteiger partial charge in [0.15, 0.2) is 0 Å². The van der Waals surface area contributed by atoms with Crippen molar-refractivity contribution >= 4 is 21.9 Å². The Bertz CT molecular complexity index is 380. The van der Waals surface area contributed by atoms with Crippen molar-refractivity contribution in [2.75, 3.05) is 0 Å². The van der Waals surface area contributed by atoms with Crippen LogP contribution in [0.5, 0.6) is 5.75 Å². The van der Waals surface area contributed by atoms with Gasteiger partial charge in [-0.3, -0.25) is 0 Å². The summed E-state index contributed by atoms with van der Waals surface area (Å²) in [4.78, 5) is 11.6. The van der Waals surface area contributed by atoms with Crippen molar-refractivity contribution in [3.05, 3.63) is 28.2 Å². The predicted molar refractivity (Wildman–Crippen MR) is 61.0 cm³/mol. The largest absolute Gasteiger partial charge is 0.507 e. The fourth-order valence-corrected chi connectivity index (χ4v) is 1.37. The Balaban J connectivity index is 2.96. The highest BCUT2D eigenvalue weighted by atomic mass is 79.9. The minimum Gasteiger partial charge on any atom is -0.507 e. The quantitative estimate of drug-likeness (QED) is 0.800. The first-order chi connectivity index (χ1) is 6.79. The molecule has 1 aromatic rings. The molecule has 0 saturated carbocycles. The number of esters is 1. The summed E-state index contributed by atoms with van der Waals surface area (Å²) in [6.45, 7) is 5.33. The van der Waals surface area contributed by atoms with Crippen molar-refractivity contribution in [2.45, 2.75) is 26.4 Å². The molecule has 1 rings (SSSR count). The average Bonchev–Trinajstić information content (AvgIpc) is 2.06. The molecule has 0 aliphatic rings. The lowest BCUT2D eigenvalue weighted by Crippen LogP contribution is -2.23. The monoisotopic (exact) mass is 272 g/mol. The summed E-state index contributed by atoms with van der Waals surface area (Å²) in [6.07, 6.45) is 0. The number of benzene rings is 1. The second-order valence-corrected chi connectivity index (χ2v) is 5.08. The van der Waals surface area contributed by atoms with Crippen LogP contribution in [-0.2, 0) is 4.74 Å². The van der Waals surface area contributed by atoms with E-state index in [1.165, 1.54) is 12.1 Å². The van der Waals surface area contributed by atoms with Crippen LogP contribution >= 0.6 is 15.9 Å². The zero-order chi connectivity index (χ0) is 11.6. The van der Waals surface area contributed by atoms with Crippen LogP contribution in [0.1, 0.15) is 31.1 Å². The first-order valence-corrected chi connectivity index (χ1v) is 5.31. The molecular formula is C11H13BrO3. The Morgan fingerprint density at radius 1 is 1.40 bits per heavy atom. The summed E-state index contributed by atoms with van der Waals surface area (Å²) < 4.78 is 5.86. The minimum atomic E-state index is -0.564. The fourth-order valence-electron chi connectivity index (χ4n) is 1.00. The molecule has 0 spiro atoms. The minimum absolute atomic E-state index is 0.0764. The molecule has 1 N–H and O–H groups in total. The third kappa shape index (κ3) is 3.55. The molecule has 0 atom stereocenters. The number of carbonyl (C=O) groups excluding carboxylic acids is 1. The Hall–Kier alpha value is -1.03. The van der Waals surface area contributed by atoms with Crippen LogP contribution in [0.15, 0.2) is 22.7 Å². The number of phenols is 1. The smallest absolute Gasteiger partial charge is 0.342 e. The molecule has 0 aromatic heterocycles. The normalized spacial score (nSPS) is 11.2. The first kappa shape index (κ1) is 12.0. The molecule has 0 heterocycles. The number of hydrogen-bond donors (Lipinski definition) is 1. The molecule has 0 unspecified atom stereocenters. The second-order valence-electron chi connectivity index (χ2n) is 4.16. The van der Waals surface area contributed by atoms with Crippen molar-refractivity contribution in [1.82, 2.24) is 0 Å². The number of ether oxygens (including phenoxy) is 1. The summed E-state index contributed by atoms with van der Waals surface area (Å²) in [7, 11) is 0. The molecule has 3 nitrogen and oxygen atoms in total. The molecule has 0 radical (unpaired) electrons. The van der Waals surface area contributed by atoms with E-state index in [2.05, 4.69) is 15.9 Å². The van der Waals surface area contributed by atoms with Gasteiger partial charge in [0.2, 0.25) is 0 Å². The van der Waals surface area contributed by atoms with Crippen molar-refractivity contribution in [3.8, 4) is 5.75 Å². The molecule has 0 aliphatic heterocycles. The van der Waals surface area contributed by atoms with E-state index < -0.39 is 11.6 Å². The Kier molecular flexibility index (Phi) is 3.39. The third-order valence-corrected chi connectivity index (χ3v) is 2.07.